The van der Waals surface area contributed by atoms with Crippen LogP contribution in [0.1, 0.15) is 23.6 Å². The van der Waals surface area contributed by atoms with Crippen molar-refractivity contribution in [1.29, 1.82) is 0 Å². The highest BCUT2D eigenvalue weighted by Gasteiger charge is 2.10. The Balaban J connectivity index is 2.18. The Hall–Kier alpha value is -2.14. The van der Waals surface area contributed by atoms with Crippen molar-refractivity contribution in [2.24, 2.45) is 9.98 Å². The molecule has 0 N–H and O–H groups in total. The standard InChI is InChI=1S/C21H26FN3S/c1-6-25(5)14-24-20-12-15(2)19(11-16(20)3)21(23-4)13-26-18-9-7-17(22)8-10-18/h7-12,14H,6,13H2,1-5H3/b23-21+,24-14+. The number of benzene rings is 2. The summed E-state index contributed by atoms with van der Waals surface area (Å²) in [6.07, 6.45) is 1.86. The lowest BCUT2D eigenvalue weighted by atomic mass is 10.0. The first-order chi connectivity index (χ1) is 12.4. The van der Waals surface area contributed by atoms with Gasteiger partial charge in [-0.15, -0.1) is 11.8 Å². The first-order valence-corrected chi connectivity index (χ1v) is 9.63. The predicted molar refractivity (Wildman–Crippen MR) is 112 cm³/mol. The summed E-state index contributed by atoms with van der Waals surface area (Å²) >= 11 is 1.66. The van der Waals surface area contributed by atoms with Crippen molar-refractivity contribution in [3.05, 3.63) is 58.9 Å². The minimum Gasteiger partial charge on any atom is -0.366 e. The van der Waals surface area contributed by atoms with Crippen molar-refractivity contribution in [2.45, 2.75) is 25.7 Å². The zero-order valence-electron chi connectivity index (χ0n) is 16.1. The monoisotopic (exact) mass is 371 g/mol. The molecule has 0 heterocycles. The number of aryl methyl sites for hydroxylation is 2. The molecule has 0 saturated carbocycles. The molecule has 0 atom stereocenters. The van der Waals surface area contributed by atoms with Crippen LogP contribution in [0.3, 0.4) is 0 Å². The molecule has 0 spiro atoms. The van der Waals surface area contributed by atoms with E-state index < -0.39 is 0 Å². The molecule has 0 aliphatic heterocycles. The van der Waals surface area contributed by atoms with Crippen LogP contribution in [0.15, 0.2) is 51.3 Å². The number of nitrogens with zero attached hydrogens (tertiary/aromatic N) is 3. The van der Waals surface area contributed by atoms with E-state index in [4.69, 9.17) is 0 Å². The van der Waals surface area contributed by atoms with E-state index in [0.29, 0.717) is 0 Å². The van der Waals surface area contributed by atoms with Crippen LogP contribution < -0.4 is 0 Å². The fourth-order valence-corrected chi connectivity index (χ4v) is 3.36. The van der Waals surface area contributed by atoms with Crippen molar-refractivity contribution < 1.29 is 4.39 Å². The molecule has 2 rings (SSSR count). The third kappa shape index (κ3) is 5.43. The Morgan fingerprint density at radius 2 is 1.85 bits per heavy atom. The number of hydrogen-bond donors (Lipinski definition) is 0. The molecule has 0 bridgehead atoms. The third-order valence-corrected chi connectivity index (χ3v) is 5.23. The van der Waals surface area contributed by atoms with E-state index in [0.717, 1.165) is 45.3 Å². The average Bonchev–Trinajstić information content (AvgIpc) is 2.64. The van der Waals surface area contributed by atoms with E-state index in [1.54, 1.807) is 23.9 Å². The molecule has 0 saturated heterocycles. The van der Waals surface area contributed by atoms with E-state index >= 15 is 0 Å². The van der Waals surface area contributed by atoms with Crippen LogP contribution in [-0.4, -0.2) is 43.3 Å². The summed E-state index contributed by atoms with van der Waals surface area (Å²) in [4.78, 5) is 12.1. The highest BCUT2D eigenvalue weighted by Crippen LogP contribution is 2.26. The normalized spacial score (nSPS) is 12.0. The lowest BCUT2D eigenvalue weighted by Gasteiger charge is -2.13. The van der Waals surface area contributed by atoms with Gasteiger partial charge in [0.05, 0.1) is 17.7 Å². The molecule has 0 aliphatic rings. The quantitative estimate of drug-likeness (QED) is 0.377. The summed E-state index contributed by atoms with van der Waals surface area (Å²) in [7, 11) is 3.83. The predicted octanol–water partition coefficient (Wildman–Crippen LogP) is 5.27. The first-order valence-electron chi connectivity index (χ1n) is 8.64. The van der Waals surface area contributed by atoms with Crippen molar-refractivity contribution in [3.63, 3.8) is 0 Å². The Kier molecular flexibility index (Phi) is 7.39. The van der Waals surface area contributed by atoms with E-state index in [1.807, 2.05) is 25.3 Å². The topological polar surface area (TPSA) is 28.0 Å². The first kappa shape index (κ1) is 20.2. The molecular weight excluding hydrogens is 345 g/mol. The highest BCUT2D eigenvalue weighted by atomic mass is 32.2. The van der Waals surface area contributed by atoms with Gasteiger partial charge in [-0.1, -0.05) is 0 Å². The van der Waals surface area contributed by atoms with E-state index in [-0.39, 0.29) is 5.82 Å². The lowest BCUT2D eigenvalue weighted by molar-refractivity contribution is 0.552. The van der Waals surface area contributed by atoms with Gasteiger partial charge < -0.3 is 4.90 Å². The molecule has 3 nitrogen and oxygen atoms in total. The molecule has 0 aliphatic carbocycles. The number of halogens is 1. The fourth-order valence-electron chi connectivity index (χ4n) is 2.44. The molecule has 0 radical (unpaired) electrons. The van der Waals surface area contributed by atoms with Crippen LogP contribution >= 0.6 is 11.8 Å². The van der Waals surface area contributed by atoms with Gasteiger partial charge in [-0.25, -0.2) is 9.38 Å². The molecule has 0 amide bonds. The Morgan fingerprint density at radius 1 is 1.15 bits per heavy atom. The zero-order valence-corrected chi connectivity index (χ0v) is 16.9. The maximum absolute atomic E-state index is 13.0. The van der Waals surface area contributed by atoms with Gasteiger partial charge in [0.15, 0.2) is 0 Å². The molecule has 0 fully saturated rings. The Bertz CT molecular complexity index is 798. The van der Waals surface area contributed by atoms with Crippen LogP contribution in [0, 0.1) is 19.7 Å². The van der Waals surface area contributed by atoms with Crippen molar-refractivity contribution in [1.82, 2.24) is 4.90 Å². The van der Waals surface area contributed by atoms with E-state index in [1.165, 1.54) is 12.1 Å². The van der Waals surface area contributed by atoms with Crippen LogP contribution in [0.5, 0.6) is 0 Å². The molecule has 2 aromatic carbocycles. The number of rotatable bonds is 7. The molecule has 138 valence electrons. The van der Waals surface area contributed by atoms with Crippen LogP contribution in [0.2, 0.25) is 0 Å². The van der Waals surface area contributed by atoms with Crippen molar-refractivity contribution >= 4 is 29.5 Å². The van der Waals surface area contributed by atoms with Crippen molar-refractivity contribution in [3.8, 4) is 0 Å². The summed E-state index contributed by atoms with van der Waals surface area (Å²) in [5.41, 5.74) is 5.43. The SMILES string of the molecule is CCN(C)/C=N/c1cc(C)c(/C(CSc2ccc(F)cc2)=N/C)cc1C. The summed E-state index contributed by atoms with van der Waals surface area (Å²) in [5, 5.41) is 0. The molecule has 0 unspecified atom stereocenters. The van der Waals surface area contributed by atoms with Crippen LogP contribution in [0.4, 0.5) is 10.1 Å². The number of thioether (sulfide) groups is 1. The maximum Gasteiger partial charge on any atom is 0.123 e. The average molecular weight is 372 g/mol. The minimum absolute atomic E-state index is 0.213. The minimum atomic E-state index is -0.213. The molecule has 0 aromatic heterocycles. The largest absolute Gasteiger partial charge is 0.366 e. The highest BCUT2D eigenvalue weighted by molar-refractivity contribution is 8.00. The van der Waals surface area contributed by atoms with Gasteiger partial charge in [0.25, 0.3) is 0 Å². The second kappa shape index (κ2) is 9.53. The maximum atomic E-state index is 13.0. The zero-order chi connectivity index (χ0) is 19.1. The fraction of sp³-hybridized carbons (Fsp3) is 0.333. The Labute approximate surface area is 160 Å². The van der Waals surface area contributed by atoms with Gasteiger partial charge >= 0.3 is 0 Å². The van der Waals surface area contributed by atoms with Gasteiger partial charge in [-0.2, -0.15) is 0 Å². The summed E-state index contributed by atoms with van der Waals surface area (Å²) in [5.74, 6) is 0.527. The van der Waals surface area contributed by atoms with Crippen LogP contribution in [-0.2, 0) is 0 Å². The summed E-state index contributed by atoms with van der Waals surface area (Å²) < 4.78 is 13.0. The second-order valence-electron chi connectivity index (χ2n) is 6.18. The number of aliphatic imine (C=N–C) groups is 2. The van der Waals surface area contributed by atoms with Gasteiger partial charge in [0.1, 0.15) is 5.82 Å². The van der Waals surface area contributed by atoms with Gasteiger partial charge in [-0.05, 0) is 73.9 Å². The molecule has 26 heavy (non-hydrogen) atoms. The molecule has 2 aromatic rings. The van der Waals surface area contributed by atoms with Crippen molar-refractivity contribution in [2.75, 3.05) is 26.4 Å². The summed E-state index contributed by atoms with van der Waals surface area (Å²) in [6.45, 7) is 7.18. The smallest absolute Gasteiger partial charge is 0.123 e. The summed E-state index contributed by atoms with van der Waals surface area (Å²) in [6, 6.07) is 10.8. The lowest BCUT2D eigenvalue weighted by Crippen LogP contribution is -2.14. The van der Waals surface area contributed by atoms with Gasteiger partial charge in [0.2, 0.25) is 0 Å². The Morgan fingerprint density at radius 3 is 2.46 bits per heavy atom. The number of hydrogen-bond acceptors (Lipinski definition) is 3. The van der Waals surface area contributed by atoms with Crippen LogP contribution in [0.25, 0.3) is 0 Å². The van der Waals surface area contributed by atoms with Gasteiger partial charge in [0, 0.05) is 31.3 Å². The van der Waals surface area contributed by atoms with E-state index in [9.17, 15) is 4.39 Å². The second-order valence-corrected chi connectivity index (χ2v) is 7.23. The third-order valence-electron chi connectivity index (χ3n) is 4.21. The molecule has 5 heteroatoms. The molecular formula is C21H26FN3S. The van der Waals surface area contributed by atoms with E-state index in [2.05, 4.69) is 42.9 Å². The van der Waals surface area contributed by atoms with Gasteiger partial charge in [-0.3, -0.25) is 4.99 Å².